The van der Waals surface area contributed by atoms with Crippen LogP contribution in [0.25, 0.3) is 0 Å². The summed E-state index contributed by atoms with van der Waals surface area (Å²) >= 11 is 0. The molecule has 2 aromatic rings. The molecule has 2 unspecified atom stereocenters. The molecule has 2 N–H and O–H groups in total. The van der Waals surface area contributed by atoms with Crippen molar-refractivity contribution in [2.45, 2.75) is 63.7 Å². The lowest BCUT2D eigenvalue weighted by Crippen LogP contribution is -2.72. The standard InChI is InChI=1S/C31H30N4O4/c1-15-9-32-24-18(36)6-20-28(3,22(15)24)4-5-34(20)26(38)29-12-30(13-29,14-29)27(39)35-11-17-8-31(17)21(35)7-19(37)25-23(31)16(2)10-33-25/h6-7,9-10,17,32-33H,4-5,8,11-14H2,1-3H3/t17-,28?,29?,30?,31?/m1/s1. The van der Waals surface area contributed by atoms with Crippen molar-refractivity contribution in [3.63, 3.8) is 0 Å². The van der Waals surface area contributed by atoms with Crippen LogP contribution in [0.15, 0.2) is 35.9 Å². The summed E-state index contributed by atoms with van der Waals surface area (Å²) in [5, 5.41) is 0. The number of ketones is 2. The number of hydrogen-bond donors (Lipinski definition) is 2. The number of piperidine rings is 1. The van der Waals surface area contributed by atoms with Gasteiger partial charge in [-0.25, -0.2) is 0 Å². The zero-order chi connectivity index (χ0) is 26.9. The van der Waals surface area contributed by atoms with E-state index in [0.717, 1.165) is 46.5 Å². The van der Waals surface area contributed by atoms with Gasteiger partial charge in [0.15, 0.2) is 0 Å². The fourth-order valence-corrected chi connectivity index (χ4v) is 9.77. The third-order valence-corrected chi connectivity index (χ3v) is 11.6. The Morgan fingerprint density at radius 2 is 1.41 bits per heavy atom. The van der Waals surface area contributed by atoms with Crippen molar-refractivity contribution in [3.05, 3.63) is 69.6 Å². The second kappa shape index (κ2) is 6.21. The van der Waals surface area contributed by atoms with Crippen molar-refractivity contribution in [3.8, 4) is 0 Å². The molecule has 1 spiro atoms. The Morgan fingerprint density at radius 1 is 0.846 bits per heavy atom. The van der Waals surface area contributed by atoms with Crippen LogP contribution in [0.5, 0.6) is 0 Å². The summed E-state index contributed by atoms with van der Waals surface area (Å²) in [4.78, 5) is 63.8. The minimum Gasteiger partial charge on any atom is -0.358 e. The molecule has 8 heteroatoms. The van der Waals surface area contributed by atoms with Gasteiger partial charge in [-0.15, -0.1) is 0 Å². The molecule has 4 heterocycles. The van der Waals surface area contributed by atoms with Gasteiger partial charge in [-0.1, -0.05) is 0 Å². The zero-order valence-electron chi connectivity index (χ0n) is 22.4. The lowest BCUT2D eigenvalue weighted by Gasteiger charge is -2.69. The van der Waals surface area contributed by atoms with Gasteiger partial charge in [0.25, 0.3) is 0 Å². The first-order valence-corrected chi connectivity index (χ1v) is 14.1. The molecule has 39 heavy (non-hydrogen) atoms. The van der Waals surface area contributed by atoms with Crippen molar-refractivity contribution in [2.75, 3.05) is 13.1 Å². The highest BCUT2D eigenvalue weighted by Gasteiger charge is 2.78. The van der Waals surface area contributed by atoms with Crippen molar-refractivity contribution in [1.29, 1.82) is 0 Å². The molecule has 4 saturated carbocycles. The van der Waals surface area contributed by atoms with Gasteiger partial charge in [0.05, 0.1) is 22.2 Å². The van der Waals surface area contributed by atoms with Gasteiger partial charge in [0.2, 0.25) is 23.4 Å². The lowest BCUT2D eigenvalue weighted by molar-refractivity contribution is -0.219. The van der Waals surface area contributed by atoms with E-state index in [2.05, 4.69) is 16.9 Å². The normalized spacial score (nSPS) is 38.1. The number of carbonyl (C=O) groups excluding carboxylic acids is 4. The molecule has 6 fully saturated rings. The van der Waals surface area contributed by atoms with E-state index in [0.29, 0.717) is 49.7 Å². The van der Waals surface area contributed by atoms with Crippen molar-refractivity contribution < 1.29 is 19.2 Å². The van der Waals surface area contributed by atoms with Crippen LogP contribution in [0.3, 0.4) is 0 Å². The van der Waals surface area contributed by atoms with Crippen LogP contribution in [0.4, 0.5) is 0 Å². The Hall–Kier alpha value is -3.68. The molecule has 2 bridgehead atoms. The molecule has 2 saturated heterocycles. The third kappa shape index (κ3) is 2.21. The van der Waals surface area contributed by atoms with Crippen LogP contribution in [-0.4, -0.2) is 56.2 Å². The highest BCUT2D eigenvalue weighted by molar-refractivity contribution is 6.09. The predicted octanol–water partition coefficient (Wildman–Crippen LogP) is 3.58. The molecule has 0 radical (unpaired) electrons. The molecule has 3 atom stereocenters. The third-order valence-electron chi connectivity index (χ3n) is 11.6. The van der Waals surface area contributed by atoms with E-state index < -0.39 is 10.8 Å². The summed E-state index contributed by atoms with van der Waals surface area (Å²) < 4.78 is 0. The molecule has 8 aliphatic rings. The topological polar surface area (TPSA) is 106 Å². The fraction of sp³-hybridized carbons (Fsp3) is 0.484. The first-order chi connectivity index (χ1) is 18.5. The molecule has 6 aliphatic carbocycles. The number of likely N-dealkylation sites (tertiary alicyclic amines) is 2. The average Bonchev–Trinajstić information content (AvgIpc) is 3.22. The molecule has 8 nitrogen and oxygen atoms in total. The van der Waals surface area contributed by atoms with Crippen molar-refractivity contribution in [1.82, 2.24) is 19.8 Å². The van der Waals surface area contributed by atoms with Crippen LogP contribution in [0.2, 0.25) is 0 Å². The monoisotopic (exact) mass is 522 g/mol. The summed E-state index contributed by atoms with van der Waals surface area (Å²) in [7, 11) is 0. The van der Waals surface area contributed by atoms with Gasteiger partial charge in [-0.3, -0.25) is 19.2 Å². The fourth-order valence-electron chi connectivity index (χ4n) is 9.77. The summed E-state index contributed by atoms with van der Waals surface area (Å²) in [6, 6.07) is 0. The average molecular weight is 523 g/mol. The van der Waals surface area contributed by atoms with E-state index in [-0.39, 0.29) is 34.2 Å². The summed E-state index contributed by atoms with van der Waals surface area (Å²) in [6.45, 7) is 7.43. The number of aromatic nitrogens is 2. The SMILES string of the molecule is Cc1c[nH]c2c1C1(C)CCN(C(=O)C34CC(C(=O)N5C[C@H]6CC67C5=CC(=O)c5[nH]cc(C)c57)(C3)C4)C1=CC2=O. The van der Waals surface area contributed by atoms with E-state index in [9.17, 15) is 19.2 Å². The second-order valence-electron chi connectivity index (χ2n) is 13.6. The smallest absolute Gasteiger partial charge is 0.233 e. The Balaban J connectivity index is 0.969. The summed E-state index contributed by atoms with van der Waals surface area (Å²) in [5.74, 6) is 0.382. The van der Waals surface area contributed by atoms with Crippen molar-refractivity contribution >= 4 is 23.4 Å². The second-order valence-corrected chi connectivity index (χ2v) is 13.6. The van der Waals surface area contributed by atoms with Gasteiger partial charge in [0, 0.05) is 59.9 Å². The molecule has 2 aromatic heterocycles. The van der Waals surface area contributed by atoms with Gasteiger partial charge in [-0.05, 0) is 81.0 Å². The first kappa shape index (κ1) is 22.2. The van der Waals surface area contributed by atoms with E-state index in [1.165, 1.54) is 0 Å². The number of allylic oxidation sites excluding steroid dienone is 4. The number of nitrogens with zero attached hydrogens (tertiary/aromatic N) is 2. The number of carbonyl (C=O) groups is 4. The molecule has 2 aliphatic heterocycles. The molecular formula is C31H30N4O4. The van der Waals surface area contributed by atoms with E-state index in [4.69, 9.17) is 0 Å². The number of hydrogen-bond acceptors (Lipinski definition) is 4. The maximum Gasteiger partial charge on any atom is 0.233 e. The maximum atomic E-state index is 14.0. The van der Waals surface area contributed by atoms with Crippen molar-refractivity contribution in [2.24, 2.45) is 16.7 Å². The van der Waals surface area contributed by atoms with E-state index in [1.807, 2.05) is 36.0 Å². The number of H-pyrrole nitrogens is 2. The largest absolute Gasteiger partial charge is 0.358 e. The number of nitrogens with one attached hydrogen (secondary N) is 2. The van der Waals surface area contributed by atoms with Crippen LogP contribution >= 0.6 is 0 Å². The lowest BCUT2D eigenvalue weighted by atomic mass is 9.34. The highest BCUT2D eigenvalue weighted by Crippen LogP contribution is 2.76. The Labute approximate surface area is 225 Å². The van der Waals surface area contributed by atoms with Crippen LogP contribution in [-0.2, 0) is 20.4 Å². The minimum atomic E-state index is -0.514. The Bertz CT molecular complexity index is 1580. The van der Waals surface area contributed by atoms with Crippen LogP contribution in [0.1, 0.15) is 82.3 Å². The summed E-state index contributed by atoms with van der Waals surface area (Å²) in [6.07, 6.45) is 10.6. The van der Waals surface area contributed by atoms with Gasteiger partial charge >= 0.3 is 0 Å². The molecular weight excluding hydrogens is 492 g/mol. The Kier molecular flexibility index (Phi) is 3.53. The maximum absolute atomic E-state index is 14.0. The van der Waals surface area contributed by atoms with E-state index in [1.54, 1.807) is 12.2 Å². The van der Waals surface area contributed by atoms with Crippen LogP contribution < -0.4 is 0 Å². The van der Waals surface area contributed by atoms with Gasteiger partial charge in [0.1, 0.15) is 0 Å². The van der Waals surface area contributed by atoms with Crippen LogP contribution in [0, 0.1) is 30.6 Å². The van der Waals surface area contributed by atoms with E-state index >= 15 is 0 Å². The number of fused-ring (bicyclic) bond motifs is 4. The first-order valence-electron chi connectivity index (χ1n) is 14.1. The van der Waals surface area contributed by atoms with Gasteiger partial charge in [-0.2, -0.15) is 0 Å². The molecule has 198 valence electrons. The predicted molar refractivity (Wildman–Crippen MR) is 140 cm³/mol. The quantitative estimate of drug-likeness (QED) is 0.629. The number of amides is 2. The zero-order valence-corrected chi connectivity index (χ0v) is 22.4. The molecule has 2 amide bonds. The number of aromatic amines is 2. The number of rotatable bonds is 2. The van der Waals surface area contributed by atoms with Gasteiger partial charge < -0.3 is 19.8 Å². The minimum absolute atomic E-state index is 0.0541. The highest BCUT2D eigenvalue weighted by atomic mass is 16.2. The summed E-state index contributed by atoms with van der Waals surface area (Å²) in [5.41, 5.74) is 5.67. The Morgan fingerprint density at radius 3 is 2.08 bits per heavy atom. The number of aryl methyl sites for hydroxylation is 2. The molecule has 0 aromatic carbocycles. The molecule has 10 rings (SSSR count).